The number of hydrogen-bond acceptors (Lipinski definition) is 3. The number of nitrogens with two attached hydrogens (primary N) is 1. The van der Waals surface area contributed by atoms with Crippen LogP contribution in [0.5, 0.6) is 0 Å². The number of nitrogens with one attached hydrogen (secondary N) is 1. The second kappa shape index (κ2) is 5.52. The largest absolute Gasteiger partial charge is 0.399 e. The average Bonchev–Trinajstić information content (AvgIpc) is 2.28. The Morgan fingerprint density at radius 2 is 1.55 bits per heavy atom. The summed E-state index contributed by atoms with van der Waals surface area (Å²) in [4.78, 5) is 0. The highest BCUT2D eigenvalue weighted by Crippen LogP contribution is 2.36. The number of nitrogen functional groups attached to an aromatic ring is 1. The van der Waals surface area contributed by atoms with E-state index in [0.717, 1.165) is 11.8 Å². The first-order valence-electron chi connectivity index (χ1n) is 5.59. The number of benzene rings is 2. The third-order valence-corrected chi connectivity index (χ3v) is 3.74. The minimum absolute atomic E-state index is 0.443. The Kier molecular flexibility index (Phi) is 4.13. The Bertz CT molecular complexity index is 720. The summed E-state index contributed by atoms with van der Waals surface area (Å²) in [5, 5.41) is 0.887. The van der Waals surface area contributed by atoms with Crippen molar-refractivity contribution in [1.29, 1.82) is 0 Å². The average molecular weight is 331 g/mol. The third kappa shape index (κ3) is 3.56. The van der Waals surface area contributed by atoms with Gasteiger partial charge in [-0.1, -0.05) is 35.3 Å². The Labute approximate surface area is 127 Å². The lowest BCUT2D eigenvalue weighted by Gasteiger charge is -2.10. The molecule has 0 radical (unpaired) electrons. The van der Waals surface area contributed by atoms with E-state index >= 15 is 0 Å². The lowest BCUT2D eigenvalue weighted by Crippen LogP contribution is -2.09. The van der Waals surface area contributed by atoms with Crippen LogP contribution in [0.1, 0.15) is 0 Å². The molecule has 4 nitrogen and oxygen atoms in total. The van der Waals surface area contributed by atoms with Crippen molar-refractivity contribution in [2.45, 2.75) is 0 Å². The van der Waals surface area contributed by atoms with Gasteiger partial charge in [0.05, 0.1) is 16.3 Å². The summed E-state index contributed by atoms with van der Waals surface area (Å²) in [7, 11) is -3.30. The lowest BCUT2D eigenvalue weighted by molar-refractivity contribution is 0.607. The van der Waals surface area contributed by atoms with Crippen LogP contribution in [0.15, 0.2) is 36.4 Å². The van der Waals surface area contributed by atoms with Crippen molar-refractivity contribution < 1.29 is 8.42 Å². The highest BCUT2D eigenvalue weighted by atomic mass is 35.5. The topological polar surface area (TPSA) is 72.2 Å². The normalized spacial score (nSPS) is 11.3. The zero-order valence-corrected chi connectivity index (χ0v) is 12.9. The van der Waals surface area contributed by atoms with Crippen molar-refractivity contribution in [3.05, 3.63) is 46.4 Å². The van der Waals surface area contributed by atoms with Crippen LogP contribution >= 0.6 is 23.2 Å². The molecule has 0 fully saturated rings. The van der Waals surface area contributed by atoms with Gasteiger partial charge in [0, 0.05) is 16.9 Å². The quantitative estimate of drug-likeness (QED) is 0.844. The van der Waals surface area contributed by atoms with Crippen LogP contribution in [-0.2, 0) is 10.0 Å². The number of sulfonamides is 1. The summed E-state index contributed by atoms with van der Waals surface area (Å²) >= 11 is 12.3. The monoisotopic (exact) mass is 330 g/mol. The van der Waals surface area contributed by atoms with E-state index in [1.807, 2.05) is 0 Å². The van der Waals surface area contributed by atoms with Gasteiger partial charge in [0.25, 0.3) is 0 Å². The van der Waals surface area contributed by atoms with Crippen molar-refractivity contribution in [3.8, 4) is 11.1 Å². The van der Waals surface area contributed by atoms with Gasteiger partial charge in [-0.15, -0.1) is 0 Å². The van der Waals surface area contributed by atoms with Gasteiger partial charge >= 0.3 is 0 Å². The molecule has 0 spiro atoms. The second-order valence-corrected chi connectivity index (χ2v) is 6.87. The molecule has 2 rings (SSSR count). The van der Waals surface area contributed by atoms with Gasteiger partial charge in [-0.25, -0.2) is 8.42 Å². The molecule has 20 heavy (non-hydrogen) atoms. The van der Waals surface area contributed by atoms with Gasteiger partial charge in [-0.3, -0.25) is 4.72 Å². The molecule has 0 bridgehead atoms. The highest BCUT2D eigenvalue weighted by molar-refractivity contribution is 7.92. The molecule has 3 N–H and O–H groups in total. The van der Waals surface area contributed by atoms with Crippen LogP contribution in [0.4, 0.5) is 11.4 Å². The molecule has 0 aliphatic rings. The van der Waals surface area contributed by atoms with E-state index in [1.54, 1.807) is 36.4 Å². The fourth-order valence-corrected chi connectivity index (χ4v) is 3.07. The van der Waals surface area contributed by atoms with E-state index in [2.05, 4.69) is 4.72 Å². The van der Waals surface area contributed by atoms with E-state index in [9.17, 15) is 8.42 Å². The maximum Gasteiger partial charge on any atom is 0.229 e. The molecule has 0 aliphatic heterocycles. The molecular formula is C13H12Cl2N2O2S. The van der Waals surface area contributed by atoms with Crippen LogP contribution < -0.4 is 10.5 Å². The van der Waals surface area contributed by atoms with Gasteiger partial charge < -0.3 is 5.73 Å². The Morgan fingerprint density at radius 1 is 1.05 bits per heavy atom. The number of hydrogen-bond donors (Lipinski definition) is 2. The van der Waals surface area contributed by atoms with E-state index in [0.29, 0.717) is 27.0 Å². The Morgan fingerprint density at radius 3 is 2.00 bits per heavy atom. The zero-order valence-electron chi connectivity index (χ0n) is 10.5. The summed E-state index contributed by atoms with van der Waals surface area (Å²) < 4.78 is 24.7. The van der Waals surface area contributed by atoms with Crippen molar-refractivity contribution in [2.24, 2.45) is 0 Å². The fourth-order valence-electron chi connectivity index (χ4n) is 1.79. The molecule has 2 aromatic carbocycles. The smallest absolute Gasteiger partial charge is 0.229 e. The molecule has 0 unspecified atom stereocenters. The third-order valence-electron chi connectivity index (χ3n) is 2.54. The second-order valence-electron chi connectivity index (χ2n) is 4.31. The first-order valence-corrected chi connectivity index (χ1v) is 8.24. The van der Waals surface area contributed by atoms with Gasteiger partial charge in [0.1, 0.15) is 0 Å². The minimum Gasteiger partial charge on any atom is -0.399 e. The maximum absolute atomic E-state index is 11.1. The fraction of sp³-hybridized carbons (Fsp3) is 0.0769. The number of anilines is 2. The molecule has 0 saturated heterocycles. The minimum atomic E-state index is -3.30. The molecule has 0 amide bonds. The molecular weight excluding hydrogens is 319 g/mol. The number of halogens is 2. The molecule has 2 aromatic rings. The van der Waals surface area contributed by atoms with Gasteiger partial charge in [0.15, 0.2) is 0 Å². The van der Waals surface area contributed by atoms with E-state index < -0.39 is 10.0 Å². The maximum atomic E-state index is 11.1. The Hall–Kier alpha value is -1.43. The van der Waals surface area contributed by atoms with E-state index in [4.69, 9.17) is 28.9 Å². The van der Waals surface area contributed by atoms with Crippen LogP contribution in [0.25, 0.3) is 11.1 Å². The first kappa shape index (κ1) is 15.0. The summed E-state index contributed by atoms with van der Waals surface area (Å²) in [5.74, 6) is 0. The standard InChI is InChI=1S/C13H12Cl2N2O2S/c1-20(18,19)17-10-4-2-8(3-5-10)13-11(14)6-9(16)7-12(13)15/h2-7,17H,16H2,1H3. The first-order chi connectivity index (χ1) is 9.26. The summed E-state index contributed by atoms with van der Waals surface area (Å²) in [6.45, 7) is 0. The molecule has 0 heterocycles. The van der Waals surface area contributed by atoms with Gasteiger partial charge in [-0.05, 0) is 29.8 Å². The SMILES string of the molecule is CS(=O)(=O)Nc1ccc(-c2c(Cl)cc(N)cc2Cl)cc1. The van der Waals surface area contributed by atoms with Crippen molar-refractivity contribution >= 4 is 44.6 Å². The Balaban J connectivity index is 2.41. The molecule has 0 aromatic heterocycles. The van der Waals surface area contributed by atoms with Crippen LogP contribution in [-0.4, -0.2) is 14.7 Å². The van der Waals surface area contributed by atoms with Crippen molar-refractivity contribution in [3.63, 3.8) is 0 Å². The van der Waals surface area contributed by atoms with Crippen molar-refractivity contribution in [2.75, 3.05) is 16.7 Å². The highest BCUT2D eigenvalue weighted by Gasteiger charge is 2.10. The predicted octanol–water partition coefficient (Wildman–Crippen LogP) is 3.61. The van der Waals surface area contributed by atoms with Gasteiger partial charge in [0.2, 0.25) is 10.0 Å². The number of rotatable bonds is 3. The van der Waals surface area contributed by atoms with E-state index in [-0.39, 0.29) is 0 Å². The van der Waals surface area contributed by atoms with Crippen molar-refractivity contribution in [1.82, 2.24) is 0 Å². The van der Waals surface area contributed by atoms with Crippen LogP contribution in [0, 0.1) is 0 Å². The molecule has 0 aliphatic carbocycles. The summed E-state index contributed by atoms with van der Waals surface area (Å²) in [5.41, 5.74) is 8.05. The summed E-state index contributed by atoms with van der Waals surface area (Å²) in [6.07, 6.45) is 1.09. The molecule has 7 heteroatoms. The lowest BCUT2D eigenvalue weighted by atomic mass is 10.0. The van der Waals surface area contributed by atoms with E-state index in [1.165, 1.54) is 0 Å². The van der Waals surface area contributed by atoms with Crippen LogP contribution in [0.2, 0.25) is 10.0 Å². The molecule has 0 saturated carbocycles. The predicted molar refractivity (Wildman–Crippen MR) is 84.8 cm³/mol. The van der Waals surface area contributed by atoms with Gasteiger partial charge in [-0.2, -0.15) is 0 Å². The summed E-state index contributed by atoms with van der Waals surface area (Å²) in [6, 6.07) is 9.98. The molecule has 106 valence electrons. The molecule has 0 atom stereocenters. The zero-order chi connectivity index (χ0) is 14.9. The van der Waals surface area contributed by atoms with Crippen LogP contribution in [0.3, 0.4) is 0 Å².